The van der Waals surface area contributed by atoms with Crippen LogP contribution in [0.15, 0.2) is 24.3 Å². The van der Waals surface area contributed by atoms with Gasteiger partial charge in [-0.1, -0.05) is 65.8 Å². The van der Waals surface area contributed by atoms with E-state index in [0.29, 0.717) is 11.3 Å². The Morgan fingerprint density at radius 1 is 1.00 bits per heavy atom. The Labute approximate surface area is 172 Å². The second kappa shape index (κ2) is 6.62. The fourth-order valence-electron chi connectivity index (χ4n) is 4.38. The van der Waals surface area contributed by atoms with E-state index >= 15 is 0 Å². The highest BCUT2D eigenvalue weighted by Crippen LogP contribution is 2.46. The maximum Gasteiger partial charge on any atom is 0.256 e. The van der Waals surface area contributed by atoms with Gasteiger partial charge in [-0.3, -0.25) is 4.79 Å². The second-order valence-electron chi connectivity index (χ2n) is 10.4. The maximum atomic E-state index is 13.0. The van der Waals surface area contributed by atoms with Crippen LogP contribution < -0.4 is 10.6 Å². The van der Waals surface area contributed by atoms with Crippen LogP contribution in [0.25, 0.3) is 0 Å². The predicted octanol–water partition coefficient (Wildman–Crippen LogP) is 6.05. The van der Waals surface area contributed by atoms with Gasteiger partial charge in [-0.25, -0.2) is 0 Å². The Balaban J connectivity index is 1.60. The molecule has 2 unspecified atom stereocenters. The fourth-order valence-corrected chi connectivity index (χ4v) is 5.73. The Morgan fingerprint density at radius 3 is 2.29 bits per heavy atom. The van der Waals surface area contributed by atoms with Gasteiger partial charge in [0, 0.05) is 4.88 Å². The molecule has 150 valence electrons. The molecule has 0 fully saturated rings. The highest BCUT2D eigenvalue weighted by molar-refractivity contribution is 7.16. The molecule has 2 aromatic rings. The summed E-state index contributed by atoms with van der Waals surface area (Å²) in [5.41, 5.74) is 5.03. The monoisotopic (exact) mass is 396 g/mol. The average molecular weight is 397 g/mol. The normalized spacial score (nSPS) is 22.1. The summed E-state index contributed by atoms with van der Waals surface area (Å²) in [6, 6.07) is 8.61. The summed E-state index contributed by atoms with van der Waals surface area (Å²) in [6.07, 6.45) is 3.12. The Bertz CT molecular complexity index is 896. The number of nitrogens with one attached hydrogen (secondary N) is 2. The molecule has 28 heavy (non-hydrogen) atoms. The van der Waals surface area contributed by atoms with Crippen LogP contribution in [0.3, 0.4) is 0 Å². The van der Waals surface area contributed by atoms with E-state index in [1.807, 2.05) is 0 Å². The number of thiophene rings is 1. The van der Waals surface area contributed by atoms with Crippen molar-refractivity contribution < 1.29 is 4.79 Å². The van der Waals surface area contributed by atoms with Crippen molar-refractivity contribution in [1.29, 1.82) is 0 Å². The van der Waals surface area contributed by atoms with E-state index in [1.54, 1.807) is 11.3 Å². The first kappa shape index (κ1) is 19.5. The molecule has 1 aromatic carbocycles. The van der Waals surface area contributed by atoms with Crippen molar-refractivity contribution in [2.24, 2.45) is 11.3 Å². The van der Waals surface area contributed by atoms with Gasteiger partial charge in [0.2, 0.25) is 0 Å². The molecule has 0 bridgehead atoms. The molecule has 1 aromatic heterocycles. The topological polar surface area (TPSA) is 41.1 Å². The summed E-state index contributed by atoms with van der Waals surface area (Å²) in [5, 5.41) is 7.83. The van der Waals surface area contributed by atoms with Gasteiger partial charge in [0.15, 0.2) is 0 Å². The van der Waals surface area contributed by atoms with Gasteiger partial charge in [-0.05, 0) is 52.7 Å². The van der Waals surface area contributed by atoms with E-state index in [1.165, 1.54) is 22.4 Å². The van der Waals surface area contributed by atoms with Gasteiger partial charge < -0.3 is 10.6 Å². The van der Waals surface area contributed by atoms with Crippen molar-refractivity contribution in [2.45, 2.75) is 72.4 Å². The van der Waals surface area contributed by atoms with E-state index < -0.39 is 0 Å². The highest BCUT2D eigenvalue weighted by Gasteiger charge is 2.36. The zero-order valence-corrected chi connectivity index (χ0v) is 18.7. The lowest BCUT2D eigenvalue weighted by Gasteiger charge is -2.34. The molecular formula is C24H32N2OS. The zero-order chi connectivity index (χ0) is 20.3. The lowest BCUT2D eigenvalue weighted by Crippen LogP contribution is -2.38. The van der Waals surface area contributed by atoms with E-state index in [9.17, 15) is 4.79 Å². The quantitative estimate of drug-likeness (QED) is 0.616. The SMILES string of the molecule is CC(C)(C)c1ccc(C2NC(=O)c3c(sc4c3CCC(C(C)(C)C)C4)N2)cc1. The lowest BCUT2D eigenvalue weighted by atomic mass is 9.72. The summed E-state index contributed by atoms with van der Waals surface area (Å²) in [4.78, 5) is 14.4. The molecule has 0 saturated carbocycles. The molecule has 0 radical (unpaired) electrons. The molecule has 4 heteroatoms. The molecule has 2 aliphatic rings. The zero-order valence-electron chi connectivity index (χ0n) is 17.9. The van der Waals surface area contributed by atoms with Crippen LogP contribution in [0.1, 0.15) is 86.1 Å². The molecule has 2 N–H and O–H groups in total. The Morgan fingerprint density at radius 2 is 1.68 bits per heavy atom. The Kier molecular flexibility index (Phi) is 4.61. The van der Waals surface area contributed by atoms with Crippen LogP contribution in [0.4, 0.5) is 5.00 Å². The molecule has 2 atom stereocenters. The van der Waals surface area contributed by atoms with Crippen LogP contribution in [0, 0.1) is 11.3 Å². The number of hydrogen-bond acceptors (Lipinski definition) is 3. The first-order valence-electron chi connectivity index (χ1n) is 10.4. The standard InChI is InChI=1S/C24H32N2OS/c1-23(2,3)15-9-7-14(8-10-15)20-25-21(27)19-17-12-11-16(24(4,5)6)13-18(17)28-22(19)26-20/h7-10,16,20,26H,11-13H2,1-6H3,(H,25,27). The van der Waals surface area contributed by atoms with Crippen LogP contribution in [0.2, 0.25) is 0 Å². The van der Waals surface area contributed by atoms with Gasteiger partial charge in [0.05, 0.1) is 5.56 Å². The van der Waals surface area contributed by atoms with Gasteiger partial charge in [0.1, 0.15) is 11.2 Å². The third-order valence-electron chi connectivity index (χ3n) is 6.38. The van der Waals surface area contributed by atoms with E-state index in [2.05, 4.69) is 76.4 Å². The van der Waals surface area contributed by atoms with E-state index in [4.69, 9.17) is 0 Å². The predicted molar refractivity (Wildman–Crippen MR) is 118 cm³/mol. The minimum Gasteiger partial charge on any atom is -0.353 e. The van der Waals surface area contributed by atoms with Crippen molar-refractivity contribution in [2.75, 3.05) is 5.32 Å². The van der Waals surface area contributed by atoms with Crippen molar-refractivity contribution >= 4 is 22.2 Å². The highest BCUT2D eigenvalue weighted by atomic mass is 32.1. The first-order valence-corrected chi connectivity index (χ1v) is 11.2. The molecule has 4 rings (SSSR count). The Hall–Kier alpha value is -1.81. The van der Waals surface area contributed by atoms with Gasteiger partial charge in [0.25, 0.3) is 5.91 Å². The molecule has 0 saturated heterocycles. The van der Waals surface area contributed by atoms with Crippen LogP contribution in [-0.4, -0.2) is 5.91 Å². The van der Waals surface area contributed by atoms with E-state index in [-0.39, 0.29) is 17.5 Å². The summed E-state index contributed by atoms with van der Waals surface area (Å²) in [7, 11) is 0. The molecular weight excluding hydrogens is 364 g/mol. The van der Waals surface area contributed by atoms with Crippen molar-refractivity contribution in [3.63, 3.8) is 0 Å². The molecule has 1 aliphatic carbocycles. The number of anilines is 1. The number of carbonyl (C=O) groups excluding carboxylic acids is 1. The summed E-state index contributed by atoms with van der Waals surface area (Å²) in [5.74, 6) is 0.759. The van der Waals surface area contributed by atoms with Gasteiger partial charge >= 0.3 is 0 Å². The summed E-state index contributed by atoms with van der Waals surface area (Å²) < 4.78 is 0. The number of benzene rings is 1. The lowest BCUT2D eigenvalue weighted by molar-refractivity contribution is 0.0935. The maximum absolute atomic E-state index is 13.0. The van der Waals surface area contributed by atoms with Crippen LogP contribution in [-0.2, 0) is 18.3 Å². The second-order valence-corrected chi connectivity index (χ2v) is 11.5. The summed E-state index contributed by atoms with van der Waals surface area (Å²) >= 11 is 1.80. The van der Waals surface area contributed by atoms with Gasteiger partial charge in [-0.15, -0.1) is 11.3 Å². The molecule has 2 heterocycles. The molecule has 3 nitrogen and oxygen atoms in total. The number of hydrogen-bond donors (Lipinski definition) is 2. The average Bonchev–Trinajstić information content (AvgIpc) is 2.98. The van der Waals surface area contributed by atoms with Crippen molar-refractivity contribution in [3.05, 3.63) is 51.4 Å². The number of fused-ring (bicyclic) bond motifs is 3. The van der Waals surface area contributed by atoms with Crippen LogP contribution >= 0.6 is 11.3 Å². The molecule has 1 aliphatic heterocycles. The van der Waals surface area contributed by atoms with Gasteiger partial charge in [-0.2, -0.15) is 0 Å². The third-order valence-corrected chi connectivity index (χ3v) is 7.56. The third kappa shape index (κ3) is 3.47. The number of amides is 1. The van der Waals surface area contributed by atoms with Crippen molar-refractivity contribution in [1.82, 2.24) is 5.32 Å². The smallest absolute Gasteiger partial charge is 0.256 e. The van der Waals surface area contributed by atoms with Crippen molar-refractivity contribution in [3.8, 4) is 0 Å². The van der Waals surface area contributed by atoms with Crippen LogP contribution in [0.5, 0.6) is 0 Å². The minimum absolute atomic E-state index is 0.0744. The number of carbonyl (C=O) groups is 1. The largest absolute Gasteiger partial charge is 0.353 e. The number of rotatable bonds is 1. The molecule has 1 amide bonds. The summed E-state index contributed by atoms with van der Waals surface area (Å²) in [6.45, 7) is 13.6. The first-order chi connectivity index (χ1) is 13.0. The van der Waals surface area contributed by atoms with E-state index in [0.717, 1.165) is 29.0 Å². The molecule has 0 spiro atoms. The fraction of sp³-hybridized carbons (Fsp3) is 0.542. The minimum atomic E-state index is -0.160.